The highest BCUT2D eigenvalue weighted by molar-refractivity contribution is 6.04. The minimum atomic E-state index is -4.88. The molecule has 2 heterocycles. The number of aryl methyl sites for hydroxylation is 1. The lowest BCUT2D eigenvalue weighted by Gasteiger charge is -2.32. The Hall–Kier alpha value is -3.83. The average Bonchev–Trinajstić information content (AvgIpc) is 2.76. The first-order valence-electron chi connectivity index (χ1n) is 9.84. The third-order valence-electron chi connectivity index (χ3n) is 4.47. The van der Waals surface area contributed by atoms with Crippen LogP contribution in [-0.2, 0) is 0 Å². The molecule has 3 aromatic rings. The summed E-state index contributed by atoms with van der Waals surface area (Å²) in [5.41, 5.74) is -0.157. The molecule has 0 bridgehead atoms. The number of carbonyl (C=O) groups excluding carboxylic acids is 1. The molecule has 0 radical (unpaired) electrons. The SMILES string of the molecule is CC.Cc1cc2c(cc1-c1cnc(NC(=O)c3c(F)cccc3F)cn1)OC(F)(F)C(F)(F)O2.[HH]. The highest BCUT2D eigenvalue weighted by atomic mass is 19.3. The molecule has 0 fully saturated rings. The van der Waals surface area contributed by atoms with E-state index in [1.165, 1.54) is 6.92 Å². The van der Waals surface area contributed by atoms with Crippen LogP contribution < -0.4 is 14.8 Å². The molecular weight excluding hydrogens is 468 g/mol. The van der Waals surface area contributed by atoms with Gasteiger partial charge in [0.05, 0.1) is 18.1 Å². The molecule has 1 N–H and O–H groups in total. The molecule has 1 aromatic heterocycles. The quantitative estimate of drug-likeness (QED) is 0.445. The maximum Gasteiger partial charge on any atom is 0.507 e. The van der Waals surface area contributed by atoms with Gasteiger partial charge in [0.1, 0.15) is 17.2 Å². The second-order valence-corrected chi connectivity index (χ2v) is 6.69. The second-order valence-electron chi connectivity index (χ2n) is 6.69. The molecule has 0 aliphatic carbocycles. The normalized spacial score (nSPS) is 15.1. The number of hydrogen-bond donors (Lipinski definition) is 1. The van der Waals surface area contributed by atoms with Crippen molar-refractivity contribution in [1.29, 1.82) is 0 Å². The van der Waals surface area contributed by atoms with Gasteiger partial charge in [-0.2, -0.15) is 17.6 Å². The number of fused-ring (bicyclic) bond motifs is 1. The van der Waals surface area contributed by atoms with Crippen LogP contribution in [-0.4, -0.2) is 28.1 Å². The van der Waals surface area contributed by atoms with Gasteiger partial charge >= 0.3 is 12.2 Å². The number of anilines is 1. The maximum atomic E-state index is 13.7. The Morgan fingerprint density at radius 2 is 1.50 bits per heavy atom. The van der Waals surface area contributed by atoms with Crippen molar-refractivity contribution in [2.45, 2.75) is 33.0 Å². The number of ether oxygens (including phenoxy) is 2. The van der Waals surface area contributed by atoms with Crippen molar-refractivity contribution < 1.29 is 42.0 Å². The van der Waals surface area contributed by atoms with E-state index in [9.17, 15) is 31.1 Å². The van der Waals surface area contributed by atoms with Gasteiger partial charge in [-0.3, -0.25) is 9.78 Å². The smallest absolute Gasteiger partial charge is 0.421 e. The van der Waals surface area contributed by atoms with Crippen molar-refractivity contribution in [2.24, 2.45) is 0 Å². The lowest BCUT2D eigenvalue weighted by atomic mass is 10.0. The van der Waals surface area contributed by atoms with Crippen LogP contribution in [0.4, 0.5) is 32.2 Å². The Bertz CT molecular complexity index is 1210. The molecular formula is C22H19F6N3O3. The predicted octanol–water partition coefficient (Wildman–Crippen LogP) is 6.21. The predicted molar refractivity (Wildman–Crippen MR) is 111 cm³/mol. The van der Waals surface area contributed by atoms with Gasteiger partial charge in [0, 0.05) is 6.99 Å². The van der Waals surface area contributed by atoms with E-state index < -0.39 is 46.8 Å². The lowest BCUT2D eigenvalue weighted by molar-refractivity contribution is -0.391. The van der Waals surface area contributed by atoms with Crippen molar-refractivity contribution in [3.05, 3.63) is 65.5 Å². The number of carbonyl (C=O) groups is 1. The zero-order valence-corrected chi connectivity index (χ0v) is 17.9. The summed E-state index contributed by atoms with van der Waals surface area (Å²) in [7, 11) is 0. The van der Waals surface area contributed by atoms with Gasteiger partial charge in [0.2, 0.25) is 0 Å². The number of alkyl halides is 4. The van der Waals surface area contributed by atoms with Gasteiger partial charge in [-0.05, 0) is 36.8 Å². The van der Waals surface area contributed by atoms with Crippen LogP contribution in [0.5, 0.6) is 11.5 Å². The number of nitrogens with zero attached hydrogens (tertiary/aromatic N) is 2. The second kappa shape index (κ2) is 9.20. The number of nitrogens with one attached hydrogen (secondary N) is 1. The molecule has 2 aromatic carbocycles. The van der Waals surface area contributed by atoms with E-state index >= 15 is 0 Å². The molecule has 34 heavy (non-hydrogen) atoms. The molecule has 0 spiro atoms. The van der Waals surface area contributed by atoms with E-state index in [0.29, 0.717) is 5.56 Å². The van der Waals surface area contributed by atoms with Crippen molar-refractivity contribution in [3.63, 3.8) is 0 Å². The summed E-state index contributed by atoms with van der Waals surface area (Å²) in [4.78, 5) is 20.0. The Labute approximate surface area is 191 Å². The molecule has 4 rings (SSSR count). The fourth-order valence-electron chi connectivity index (χ4n) is 2.92. The number of rotatable bonds is 3. The molecule has 0 saturated carbocycles. The fraction of sp³-hybridized carbons (Fsp3) is 0.227. The number of hydrogen-bond acceptors (Lipinski definition) is 5. The number of halogens is 6. The monoisotopic (exact) mass is 487 g/mol. The zero-order valence-electron chi connectivity index (χ0n) is 17.9. The molecule has 12 heteroatoms. The van der Waals surface area contributed by atoms with Crippen LogP contribution >= 0.6 is 0 Å². The van der Waals surface area contributed by atoms with E-state index in [1.54, 1.807) is 0 Å². The van der Waals surface area contributed by atoms with Gasteiger partial charge in [-0.25, -0.2) is 13.8 Å². The number of amides is 1. The van der Waals surface area contributed by atoms with Gasteiger partial charge in [0.25, 0.3) is 5.91 Å². The Kier molecular flexibility index (Phi) is 6.71. The van der Waals surface area contributed by atoms with Crippen molar-refractivity contribution in [1.82, 2.24) is 9.97 Å². The maximum absolute atomic E-state index is 13.7. The van der Waals surface area contributed by atoms with Crippen LogP contribution in [0, 0.1) is 18.6 Å². The van der Waals surface area contributed by atoms with E-state index in [-0.39, 0.29) is 18.5 Å². The van der Waals surface area contributed by atoms with Crippen molar-refractivity contribution in [3.8, 4) is 22.8 Å². The van der Waals surface area contributed by atoms with Gasteiger partial charge < -0.3 is 14.8 Å². The molecule has 0 unspecified atom stereocenters. The summed E-state index contributed by atoms with van der Waals surface area (Å²) in [5.74, 6) is -4.59. The third kappa shape index (κ3) is 4.61. The first-order chi connectivity index (χ1) is 16.0. The number of benzene rings is 2. The molecule has 6 nitrogen and oxygen atoms in total. The Morgan fingerprint density at radius 1 is 0.941 bits per heavy atom. The fourth-order valence-corrected chi connectivity index (χ4v) is 2.92. The first kappa shape index (κ1) is 24.8. The first-order valence-corrected chi connectivity index (χ1v) is 9.84. The molecule has 1 aliphatic heterocycles. The highest BCUT2D eigenvalue weighted by Gasteiger charge is 2.66. The summed E-state index contributed by atoms with van der Waals surface area (Å²) < 4.78 is 89.2. The van der Waals surface area contributed by atoms with Crippen molar-refractivity contribution >= 4 is 11.7 Å². The molecule has 1 amide bonds. The average molecular weight is 487 g/mol. The zero-order chi connectivity index (χ0) is 25.3. The minimum absolute atomic E-state index is 0. The van der Waals surface area contributed by atoms with Crippen LogP contribution in [0.2, 0.25) is 0 Å². The summed E-state index contributed by atoms with van der Waals surface area (Å²) >= 11 is 0. The van der Waals surface area contributed by atoms with E-state index in [2.05, 4.69) is 24.8 Å². The number of aromatic nitrogens is 2. The lowest BCUT2D eigenvalue weighted by Crippen LogP contribution is -2.52. The van der Waals surface area contributed by atoms with E-state index in [0.717, 1.165) is 42.7 Å². The molecule has 0 atom stereocenters. The van der Waals surface area contributed by atoms with E-state index in [4.69, 9.17) is 0 Å². The molecule has 1 aliphatic rings. The third-order valence-corrected chi connectivity index (χ3v) is 4.47. The Balaban J connectivity index is 0.00000140. The summed E-state index contributed by atoms with van der Waals surface area (Å²) in [5, 5.41) is 2.18. The summed E-state index contributed by atoms with van der Waals surface area (Å²) in [6.45, 7) is 5.49. The van der Waals surface area contributed by atoms with Crippen LogP contribution in [0.25, 0.3) is 11.3 Å². The van der Waals surface area contributed by atoms with E-state index in [1.807, 2.05) is 13.8 Å². The van der Waals surface area contributed by atoms with Crippen LogP contribution in [0.1, 0.15) is 31.2 Å². The standard InChI is InChI=1S/C20H11F6N3O3.C2H6.H2/c1-9-5-14-15(32-20(25,26)19(23,24)31-14)6-10(9)13-7-28-16(8-27-13)29-18(30)17-11(21)3-2-4-12(17)22;1-2;/h2-8H,1H3,(H,28,29,30);1-2H3;1H. The minimum Gasteiger partial charge on any atom is -0.421 e. The van der Waals surface area contributed by atoms with Crippen LogP contribution in [0.3, 0.4) is 0 Å². The molecule has 182 valence electrons. The summed E-state index contributed by atoms with van der Waals surface area (Å²) in [6, 6.07) is 5.04. The van der Waals surface area contributed by atoms with Gasteiger partial charge in [-0.1, -0.05) is 19.9 Å². The molecule has 0 saturated heterocycles. The summed E-state index contributed by atoms with van der Waals surface area (Å²) in [6.07, 6.45) is -7.52. The Morgan fingerprint density at radius 3 is 2.03 bits per heavy atom. The van der Waals surface area contributed by atoms with Gasteiger partial charge in [-0.15, -0.1) is 0 Å². The van der Waals surface area contributed by atoms with Crippen LogP contribution in [0.15, 0.2) is 42.7 Å². The largest absolute Gasteiger partial charge is 0.507 e. The topological polar surface area (TPSA) is 73.3 Å². The van der Waals surface area contributed by atoms with Gasteiger partial charge in [0.15, 0.2) is 17.3 Å². The van der Waals surface area contributed by atoms with Crippen molar-refractivity contribution in [2.75, 3.05) is 5.32 Å². The highest BCUT2D eigenvalue weighted by Crippen LogP contribution is 2.48.